The van der Waals surface area contributed by atoms with Crippen LogP contribution >= 0.6 is 0 Å². The highest BCUT2D eigenvalue weighted by molar-refractivity contribution is 5.81. The fraction of sp³-hybridized carbons (Fsp3) is 0.500. The first-order valence-electron chi connectivity index (χ1n) is 6.65. The van der Waals surface area contributed by atoms with Gasteiger partial charge in [-0.05, 0) is 18.9 Å². The predicted octanol–water partition coefficient (Wildman–Crippen LogP) is 2.24. The number of rotatable bonds is 6. The SMILES string of the molecule is CCC[C@H](N)C(=O)N(C)C(C)c1cccc([N+](=O)[O-])c1. The smallest absolute Gasteiger partial charge is 0.269 e. The Labute approximate surface area is 118 Å². The molecule has 0 bridgehead atoms. The van der Waals surface area contributed by atoms with Crippen molar-refractivity contribution in [2.75, 3.05) is 7.05 Å². The van der Waals surface area contributed by atoms with E-state index in [1.165, 1.54) is 12.1 Å². The molecule has 0 fully saturated rings. The van der Waals surface area contributed by atoms with Crippen LogP contribution in [0.2, 0.25) is 0 Å². The number of nitro benzene ring substituents is 1. The van der Waals surface area contributed by atoms with Gasteiger partial charge in [-0.2, -0.15) is 0 Å². The highest BCUT2D eigenvalue weighted by Gasteiger charge is 2.23. The summed E-state index contributed by atoms with van der Waals surface area (Å²) in [7, 11) is 1.67. The molecule has 0 aromatic heterocycles. The third kappa shape index (κ3) is 3.77. The molecule has 1 aromatic carbocycles. The molecule has 1 rings (SSSR count). The van der Waals surface area contributed by atoms with Gasteiger partial charge in [-0.1, -0.05) is 25.5 Å². The molecule has 0 aliphatic rings. The van der Waals surface area contributed by atoms with E-state index in [1.54, 1.807) is 24.1 Å². The van der Waals surface area contributed by atoms with Crippen molar-refractivity contribution in [2.45, 2.75) is 38.8 Å². The van der Waals surface area contributed by atoms with Crippen molar-refractivity contribution in [3.8, 4) is 0 Å². The Morgan fingerprint density at radius 1 is 1.50 bits per heavy atom. The van der Waals surface area contributed by atoms with Gasteiger partial charge in [0.05, 0.1) is 17.0 Å². The maximum atomic E-state index is 12.1. The second-order valence-corrected chi connectivity index (χ2v) is 4.87. The van der Waals surface area contributed by atoms with Crippen molar-refractivity contribution in [3.63, 3.8) is 0 Å². The summed E-state index contributed by atoms with van der Waals surface area (Å²) in [6.07, 6.45) is 1.47. The van der Waals surface area contributed by atoms with Crippen LogP contribution < -0.4 is 5.73 Å². The van der Waals surface area contributed by atoms with E-state index in [1.807, 2.05) is 13.8 Å². The van der Waals surface area contributed by atoms with E-state index in [9.17, 15) is 14.9 Å². The highest BCUT2D eigenvalue weighted by atomic mass is 16.6. The molecule has 0 saturated carbocycles. The van der Waals surface area contributed by atoms with Crippen molar-refractivity contribution in [3.05, 3.63) is 39.9 Å². The Kier molecular flexibility index (Phi) is 5.64. The summed E-state index contributed by atoms with van der Waals surface area (Å²) in [5, 5.41) is 10.8. The molecule has 2 atom stereocenters. The number of amides is 1. The number of nitro groups is 1. The van der Waals surface area contributed by atoms with E-state index in [4.69, 9.17) is 5.73 Å². The average Bonchev–Trinajstić information content (AvgIpc) is 2.45. The van der Waals surface area contributed by atoms with Gasteiger partial charge in [-0.3, -0.25) is 14.9 Å². The quantitative estimate of drug-likeness (QED) is 0.638. The zero-order valence-corrected chi connectivity index (χ0v) is 12.1. The third-order valence-corrected chi connectivity index (χ3v) is 3.41. The number of likely N-dealkylation sites (N-methyl/N-ethyl adjacent to an activating group) is 1. The lowest BCUT2D eigenvalue weighted by atomic mass is 10.0. The second kappa shape index (κ2) is 7.00. The number of benzene rings is 1. The predicted molar refractivity (Wildman–Crippen MR) is 77.2 cm³/mol. The summed E-state index contributed by atoms with van der Waals surface area (Å²) in [6.45, 7) is 3.80. The van der Waals surface area contributed by atoms with E-state index >= 15 is 0 Å². The van der Waals surface area contributed by atoms with Crippen molar-refractivity contribution in [1.29, 1.82) is 0 Å². The van der Waals surface area contributed by atoms with Gasteiger partial charge < -0.3 is 10.6 Å². The van der Waals surface area contributed by atoms with Gasteiger partial charge in [0, 0.05) is 19.2 Å². The first-order chi connectivity index (χ1) is 9.38. The van der Waals surface area contributed by atoms with Gasteiger partial charge in [0.2, 0.25) is 5.91 Å². The minimum atomic E-state index is -0.522. The van der Waals surface area contributed by atoms with E-state index in [2.05, 4.69) is 0 Å². The van der Waals surface area contributed by atoms with Gasteiger partial charge in [0.15, 0.2) is 0 Å². The summed E-state index contributed by atoms with van der Waals surface area (Å²) in [6, 6.07) is 5.53. The van der Waals surface area contributed by atoms with Crippen LogP contribution in [0.25, 0.3) is 0 Å². The van der Waals surface area contributed by atoms with Crippen LogP contribution in [0.3, 0.4) is 0 Å². The molecule has 0 spiro atoms. The lowest BCUT2D eigenvalue weighted by Crippen LogP contribution is -2.42. The molecule has 0 aliphatic heterocycles. The number of nitrogens with two attached hydrogens (primary N) is 1. The van der Waals surface area contributed by atoms with Crippen LogP contribution in [0.1, 0.15) is 38.3 Å². The number of non-ortho nitro benzene ring substituents is 1. The first-order valence-corrected chi connectivity index (χ1v) is 6.65. The number of nitrogens with zero attached hydrogens (tertiary/aromatic N) is 2. The van der Waals surface area contributed by atoms with E-state index in [-0.39, 0.29) is 17.6 Å². The number of hydrogen-bond donors (Lipinski definition) is 1. The van der Waals surface area contributed by atoms with Crippen LogP contribution in [0.4, 0.5) is 5.69 Å². The van der Waals surface area contributed by atoms with Gasteiger partial charge in [0.1, 0.15) is 0 Å². The molecular formula is C14H21N3O3. The molecular weight excluding hydrogens is 258 g/mol. The average molecular weight is 279 g/mol. The van der Waals surface area contributed by atoms with Gasteiger partial charge in [-0.25, -0.2) is 0 Å². The standard InChI is InChI=1S/C14H21N3O3/c1-4-6-13(15)14(18)16(3)10(2)11-7-5-8-12(9-11)17(19)20/h5,7-10,13H,4,6,15H2,1-3H3/t10?,13-/m0/s1. The molecule has 110 valence electrons. The van der Waals surface area contributed by atoms with Gasteiger partial charge >= 0.3 is 0 Å². The third-order valence-electron chi connectivity index (χ3n) is 3.41. The molecule has 0 radical (unpaired) electrons. The van der Waals surface area contributed by atoms with Crippen molar-refractivity contribution < 1.29 is 9.72 Å². The lowest BCUT2D eigenvalue weighted by molar-refractivity contribution is -0.384. The second-order valence-electron chi connectivity index (χ2n) is 4.87. The van der Waals surface area contributed by atoms with Gasteiger partial charge in [0.25, 0.3) is 5.69 Å². The van der Waals surface area contributed by atoms with Crippen LogP contribution in [0, 0.1) is 10.1 Å². The molecule has 6 nitrogen and oxygen atoms in total. The van der Waals surface area contributed by atoms with Gasteiger partial charge in [-0.15, -0.1) is 0 Å². The summed E-state index contributed by atoms with van der Waals surface area (Å²) in [5.74, 6) is -0.147. The van der Waals surface area contributed by atoms with E-state index in [0.29, 0.717) is 6.42 Å². The molecule has 0 saturated heterocycles. The molecule has 6 heteroatoms. The van der Waals surface area contributed by atoms with Crippen LogP contribution in [-0.4, -0.2) is 28.8 Å². The van der Waals surface area contributed by atoms with Crippen molar-refractivity contribution >= 4 is 11.6 Å². The summed E-state index contributed by atoms with van der Waals surface area (Å²) >= 11 is 0. The largest absolute Gasteiger partial charge is 0.338 e. The number of carbonyl (C=O) groups is 1. The van der Waals surface area contributed by atoms with Crippen LogP contribution in [0.15, 0.2) is 24.3 Å². The zero-order valence-electron chi connectivity index (χ0n) is 12.1. The summed E-state index contributed by atoms with van der Waals surface area (Å²) < 4.78 is 0. The van der Waals surface area contributed by atoms with E-state index < -0.39 is 11.0 Å². The van der Waals surface area contributed by atoms with Crippen LogP contribution in [0.5, 0.6) is 0 Å². The van der Waals surface area contributed by atoms with E-state index in [0.717, 1.165) is 12.0 Å². The molecule has 2 N–H and O–H groups in total. The Bertz CT molecular complexity index is 490. The Balaban J connectivity index is 2.88. The molecule has 20 heavy (non-hydrogen) atoms. The monoisotopic (exact) mass is 279 g/mol. The normalized spacial score (nSPS) is 13.6. The van der Waals surface area contributed by atoms with Crippen molar-refractivity contribution in [2.24, 2.45) is 5.73 Å². The minimum Gasteiger partial charge on any atom is -0.338 e. The molecule has 1 amide bonds. The number of hydrogen-bond acceptors (Lipinski definition) is 4. The van der Waals surface area contributed by atoms with Crippen LogP contribution in [-0.2, 0) is 4.79 Å². The topological polar surface area (TPSA) is 89.5 Å². The Morgan fingerprint density at radius 2 is 2.15 bits per heavy atom. The maximum absolute atomic E-state index is 12.1. The molecule has 1 aromatic rings. The highest BCUT2D eigenvalue weighted by Crippen LogP contribution is 2.23. The maximum Gasteiger partial charge on any atom is 0.269 e. The minimum absolute atomic E-state index is 0.0213. The first kappa shape index (κ1) is 16.1. The summed E-state index contributed by atoms with van der Waals surface area (Å²) in [5.41, 5.74) is 6.57. The molecule has 0 heterocycles. The lowest BCUT2D eigenvalue weighted by Gasteiger charge is -2.27. The fourth-order valence-corrected chi connectivity index (χ4v) is 2.01. The fourth-order valence-electron chi connectivity index (χ4n) is 2.01. The Hall–Kier alpha value is -1.95. The molecule has 0 aliphatic carbocycles. The number of carbonyl (C=O) groups excluding carboxylic acids is 1. The zero-order chi connectivity index (χ0) is 15.3. The van der Waals surface area contributed by atoms with Crippen molar-refractivity contribution in [1.82, 2.24) is 4.90 Å². The summed E-state index contributed by atoms with van der Waals surface area (Å²) in [4.78, 5) is 24.0. The molecule has 1 unspecified atom stereocenters. The Morgan fingerprint density at radius 3 is 2.70 bits per heavy atom.